The fourth-order valence-electron chi connectivity index (χ4n) is 1.29. The fraction of sp³-hybridized carbons (Fsp3) is 0.818. The van der Waals surface area contributed by atoms with Gasteiger partial charge >= 0.3 is 5.97 Å². The van der Waals surface area contributed by atoms with Crippen LogP contribution in [0.5, 0.6) is 0 Å². The lowest BCUT2D eigenvalue weighted by molar-refractivity contribution is -0.145. The lowest BCUT2D eigenvalue weighted by atomic mass is 10.1. The number of Topliss-reactive ketones (excluding diaryl/α,β-unsaturated/α-hetero) is 1. The molecular formula is C11H20O4. The minimum Gasteiger partial charge on any atom is -0.466 e. The molecule has 88 valence electrons. The molecule has 0 fully saturated rings. The quantitative estimate of drug-likeness (QED) is 0.580. The van der Waals surface area contributed by atoms with Gasteiger partial charge in [0.1, 0.15) is 6.10 Å². The van der Waals surface area contributed by atoms with Crippen molar-refractivity contribution in [1.82, 2.24) is 0 Å². The van der Waals surface area contributed by atoms with E-state index in [0.29, 0.717) is 13.0 Å². The topological polar surface area (TPSA) is 52.6 Å². The van der Waals surface area contributed by atoms with Crippen molar-refractivity contribution in [1.29, 1.82) is 0 Å². The van der Waals surface area contributed by atoms with Crippen LogP contribution in [-0.2, 0) is 19.1 Å². The average Bonchev–Trinajstić information content (AvgIpc) is 2.23. The monoisotopic (exact) mass is 216 g/mol. The minimum absolute atomic E-state index is 0.0209. The first-order valence-electron chi connectivity index (χ1n) is 5.36. The zero-order valence-corrected chi connectivity index (χ0v) is 9.75. The normalized spacial score (nSPS) is 12.2. The third-order valence-electron chi connectivity index (χ3n) is 2.08. The largest absolute Gasteiger partial charge is 0.466 e. The van der Waals surface area contributed by atoms with Crippen LogP contribution >= 0.6 is 0 Å². The Bertz CT molecular complexity index is 201. The van der Waals surface area contributed by atoms with Crippen LogP contribution in [0.2, 0.25) is 0 Å². The molecule has 0 aliphatic rings. The standard InChI is InChI=1S/C11H20O4/c1-4-6-10(14-3)9(12)7-8-11(13)15-5-2/h10H,4-8H2,1-3H3. The van der Waals surface area contributed by atoms with Gasteiger partial charge in [0.2, 0.25) is 0 Å². The van der Waals surface area contributed by atoms with E-state index in [1.165, 1.54) is 7.11 Å². The van der Waals surface area contributed by atoms with E-state index in [9.17, 15) is 9.59 Å². The van der Waals surface area contributed by atoms with Crippen LogP contribution < -0.4 is 0 Å². The second-order valence-electron chi connectivity index (χ2n) is 3.28. The highest BCUT2D eigenvalue weighted by molar-refractivity contribution is 5.86. The minimum atomic E-state index is -0.371. The summed E-state index contributed by atoms with van der Waals surface area (Å²) in [5, 5.41) is 0. The van der Waals surface area contributed by atoms with Gasteiger partial charge in [-0.15, -0.1) is 0 Å². The van der Waals surface area contributed by atoms with Gasteiger partial charge in [-0.1, -0.05) is 13.3 Å². The number of methoxy groups -OCH3 is 1. The van der Waals surface area contributed by atoms with Gasteiger partial charge in [0.05, 0.1) is 13.0 Å². The van der Waals surface area contributed by atoms with E-state index in [4.69, 9.17) is 9.47 Å². The van der Waals surface area contributed by atoms with Crippen LogP contribution in [0.1, 0.15) is 39.5 Å². The molecule has 0 spiro atoms. The molecule has 0 rings (SSSR count). The van der Waals surface area contributed by atoms with E-state index in [1.54, 1.807) is 6.92 Å². The second-order valence-corrected chi connectivity index (χ2v) is 3.28. The Morgan fingerprint density at radius 3 is 2.33 bits per heavy atom. The maximum Gasteiger partial charge on any atom is 0.306 e. The molecule has 4 heteroatoms. The smallest absolute Gasteiger partial charge is 0.306 e. The number of rotatable bonds is 8. The lowest BCUT2D eigenvalue weighted by Gasteiger charge is -2.12. The van der Waals surface area contributed by atoms with Gasteiger partial charge in [-0.3, -0.25) is 9.59 Å². The summed E-state index contributed by atoms with van der Waals surface area (Å²) in [5.41, 5.74) is 0. The van der Waals surface area contributed by atoms with Crippen molar-refractivity contribution in [2.75, 3.05) is 13.7 Å². The molecule has 1 unspecified atom stereocenters. The number of hydrogen-bond donors (Lipinski definition) is 0. The highest BCUT2D eigenvalue weighted by Crippen LogP contribution is 2.07. The number of ketones is 1. The van der Waals surface area contributed by atoms with Crippen LogP contribution in [0, 0.1) is 0 Å². The molecule has 0 aromatic heterocycles. The second kappa shape index (κ2) is 8.41. The first-order valence-corrected chi connectivity index (χ1v) is 5.36. The highest BCUT2D eigenvalue weighted by atomic mass is 16.5. The molecule has 0 saturated heterocycles. The molecular weight excluding hydrogens is 196 g/mol. The maximum atomic E-state index is 11.5. The number of carbonyl (C=O) groups excluding carboxylic acids is 2. The molecule has 0 bridgehead atoms. The zero-order chi connectivity index (χ0) is 11.7. The van der Waals surface area contributed by atoms with Gasteiger partial charge in [0.15, 0.2) is 5.78 Å². The Morgan fingerprint density at radius 1 is 1.20 bits per heavy atom. The lowest BCUT2D eigenvalue weighted by Crippen LogP contribution is -2.23. The Morgan fingerprint density at radius 2 is 1.87 bits per heavy atom. The fourth-order valence-corrected chi connectivity index (χ4v) is 1.29. The summed E-state index contributed by atoms with van der Waals surface area (Å²) in [5.74, 6) is -0.343. The summed E-state index contributed by atoms with van der Waals surface area (Å²) in [6.45, 7) is 4.09. The number of ether oxygens (including phenoxy) is 2. The average molecular weight is 216 g/mol. The zero-order valence-electron chi connectivity index (χ0n) is 9.75. The highest BCUT2D eigenvalue weighted by Gasteiger charge is 2.17. The van der Waals surface area contributed by atoms with Crippen molar-refractivity contribution >= 4 is 11.8 Å². The molecule has 0 aliphatic heterocycles. The number of esters is 1. The van der Waals surface area contributed by atoms with Crippen molar-refractivity contribution in [2.45, 2.75) is 45.6 Å². The van der Waals surface area contributed by atoms with E-state index in [2.05, 4.69) is 0 Å². The van der Waals surface area contributed by atoms with Gasteiger partial charge in [-0.2, -0.15) is 0 Å². The van der Waals surface area contributed by atoms with Crippen molar-refractivity contribution < 1.29 is 19.1 Å². The Kier molecular flexibility index (Phi) is 7.91. The van der Waals surface area contributed by atoms with Crippen molar-refractivity contribution in [3.63, 3.8) is 0 Å². The van der Waals surface area contributed by atoms with Gasteiger partial charge in [0.25, 0.3) is 0 Å². The summed E-state index contributed by atoms with van der Waals surface area (Å²) in [7, 11) is 1.52. The predicted octanol–water partition coefficient (Wildman–Crippen LogP) is 1.71. The molecule has 0 saturated carbocycles. The summed E-state index contributed by atoms with van der Waals surface area (Å²) in [6.07, 6.45) is 1.58. The third-order valence-corrected chi connectivity index (χ3v) is 2.08. The SMILES string of the molecule is CCCC(OC)C(=O)CCC(=O)OCC. The van der Waals surface area contributed by atoms with Gasteiger partial charge in [-0.25, -0.2) is 0 Å². The van der Waals surface area contributed by atoms with Gasteiger partial charge < -0.3 is 9.47 Å². The van der Waals surface area contributed by atoms with Crippen molar-refractivity contribution in [2.24, 2.45) is 0 Å². The first-order chi connectivity index (χ1) is 7.15. The van der Waals surface area contributed by atoms with E-state index in [1.807, 2.05) is 6.92 Å². The summed E-state index contributed by atoms with van der Waals surface area (Å²) >= 11 is 0. The molecule has 0 heterocycles. The third kappa shape index (κ3) is 6.23. The van der Waals surface area contributed by atoms with Crippen LogP contribution in [0.3, 0.4) is 0 Å². The Balaban J connectivity index is 3.84. The maximum absolute atomic E-state index is 11.5. The predicted molar refractivity (Wildman–Crippen MR) is 56.6 cm³/mol. The van der Waals surface area contributed by atoms with Crippen LogP contribution in [0.25, 0.3) is 0 Å². The molecule has 0 aromatic rings. The molecule has 0 aliphatic carbocycles. The van der Waals surface area contributed by atoms with E-state index in [-0.39, 0.29) is 30.7 Å². The van der Waals surface area contributed by atoms with E-state index < -0.39 is 0 Å². The Labute approximate surface area is 90.9 Å². The van der Waals surface area contributed by atoms with Crippen molar-refractivity contribution in [3.8, 4) is 0 Å². The van der Waals surface area contributed by atoms with E-state index in [0.717, 1.165) is 6.42 Å². The van der Waals surface area contributed by atoms with E-state index >= 15 is 0 Å². The van der Waals surface area contributed by atoms with Gasteiger partial charge in [-0.05, 0) is 13.3 Å². The summed E-state index contributed by atoms with van der Waals surface area (Å²) in [4.78, 5) is 22.5. The molecule has 0 radical (unpaired) electrons. The summed E-state index contributed by atoms with van der Waals surface area (Å²) < 4.78 is 9.78. The molecule has 4 nitrogen and oxygen atoms in total. The van der Waals surface area contributed by atoms with Gasteiger partial charge in [0, 0.05) is 13.5 Å². The first kappa shape index (κ1) is 14.1. The summed E-state index contributed by atoms with van der Waals surface area (Å²) in [6, 6.07) is 0. The van der Waals surface area contributed by atoms with Crippen LogP contribution in [-0.4, -0.2) is 31.6 Å². The molecule has 0 N–H and O–H groups in total. The number of carbonyl (C=O) groups is 2. The van der Waals surface area contributed by atoms with Crippen LogP contribution in [0.15, 0.2) is 0 Å². The number of hydrogen-bond acceptors (Lipinski definition) is 4. The molecule has 1 atom stereocenters. The van der Waals surface area contributed by atoms with Crippen molar-refractivity contribution in [3.05, 3.63) is 0 Å². The van der Waals surface area contributed by atoms with Crippen LogP contribution in [0.4, 0.5) is 0 Å². The molecule has 0 amide bonds. The Hall–Kier alpha value is -0.900. The molecule has 0 aromatic carbocycles. The molecule has 15 heavy (non-hydrogen) atoms.